The summed E-state index contributed by atoms with van der Waals surface area (Å²) in [6, 6.07) is 14.2. The number of thiophene rings is 2. The van der Waals surface area contributed by atoms with Crippen LogP contribution in [0, 0.1) is 0 Å². The summed E-state index contributed by atoms with van der Waals surface area (Å²) in [4.78, 5) is 27.6. The Balaban J connectivity index is 1.51. The lowest BCUT2D eigenvalue weighted by Gasteiger charge is -2.13. The number of carbonyl (C=O) groups is 2. The van der Waals surface area contributed by atoms with Gasteiger partial charge >= 0.3 is 0 Å². The maximum Gasteiger partial charge on any atom is 0.272 e. The minimum absolute atomic E-state index is 0.0946. The Morgan fingerprint density at radius 2 is 1.88 bits per heavy atom. The molecule has 32 heavy (non-hydrogen) atoms. The highest BCUT2D eigenvalue weighted by Gasteiger charge is 2.27. The maximum absolute atomic E-state index is 13.5. The Morgan fingerprint density at radius 3 is 2.69 bits per heavy atom. The van der Waals surface area contributed by atoms with Crippen molar-refractivity contribution < 1.29 is 9.59 Å². The van der Waals surface area contributed by atoms with Crippen LogP contribution in [0.4, 0.5) is 5.00 Å². The zero-order valence-electron chi connectivity index (χ0n) is 17.9. The van der Waals surface area contributed by atoms with Crippen LogP contribution < -0.4 is 10.6 Å². The van der Waals surface area contributed by atoms with E-state index in [1.165, 1.54) is 4.88 Å². The van der Waals surface area contributed by atoms with Crippen LogP contribution in [0.3, 0.4) is 0 Å². The monoisotopic (exact) mass is 463 g/mol. The predicted octanol–water partition coefficient (Wildman–Crippen LogP) is 5.69. The molecule has 0 aliphatic heterocycles. The van der Waals surface area contributed by atoms with E-state index in [9.17, 15) is 9.59 Å². The first-order chi connectivity index (χ1) is 15.7. The Labute approximate surface area is 195 Å². The minimum Gasteiger partial charge on any atom is -0.352 e. The first-order valence-corrected chi connectivity index (χ1v) is 12.7. The van der Waals surface area contributed by atoms with Crippen LogP contribution in [-0.2, 0) is 19.4 Å². The van der Waals surface area contributed by atoms with Crippen molar-refractivity contribution in [1.82, 2.24) is 9.88 Å². The molecule has 0 radical (unpaired) electrons. The molecule has 0 atom stereocenters. The molecule has 164 valence electrons. The standard InChI is InChI=1S/C25H25N3O2S2/c1-2-26-24(30)22-17-10-6-7-11-20(17)32-25(22)27-23(29)19-14-21-18(12-13-31-21)28(19)15-16-8-4-3-5-9-16/h3-5,8-9,12-14H,2,6-7,10-11,15H2,1H3,(H,26,30)(H,27,29). The van der Waals surface area contributed by atoms with Gasteiger partial charge < -0.3 is 15.2 Å². The van der Waals surface area contributed by atoms with Crippen LogP contribution in [0.1, 0.15) is 56.6 Å². The molecule has 3 aromatic heterocycles. The number of aryl methyl sites for hydroxylation is 1. The summed E-state index contributed by atoms with van der Waals surface area (Å²) in [6.45, 7) is 3.10. The lowest BCUT2D eigenvalue weighted by Crippen LogP contribution is -2.26. The van der Waals surface area contributed by atoms with Crippen molar-refractivity contribution in [2.24, 2.45) is 0 Å². The van der Waals surface area contributed by atoms with Gasteiger partial charge in [0.1, 0.15) is 10.7 Å². The molecule has 0 spiro atoms. The van der Waals surface area contributed by atoms with Crippen molar-refractivity contribution in [3.05, 3.63) is 75.1 Å². The number of carbonyl (C=O) groups excluding carboxylic acids is 2. The molecule has 1 aromatic carbocycles. The van der Waals surface area contributed by atoms with Gasteiger partial charge in [0.2, 0.25) is 0 Å². The second kappa shape index (κ2) is 8.92. The van der Waals surface area contributed by atoms with Gasteiger partial charge in [-0.25, -0.2) is 0 Å². The smallest absolute Gasteiger partial charge is 0.272 e. The fourth-order valence-corrected chi connectivity index (χ4v) is 6.52. The average Bonchev–Trinajstić information content (AvgIpc) is 3.48. The SMILES string of the molecule is CCNC(=O)c1c(NC(=O)c2cc3sccc3n2Cc2ccccc2)sc2c1CCCC2. The van der Waals surface area contributed by atoms with Gasteiger partial charge in [0.15, 0.2) is 0 Å². The summed E-state index contributed by atoms with van der Waals surface area (Å²) in [6.07, 6.45) is 4.09. The molecule has 5 rings (SSSR count). The van der Waals surface area contributed by atoms with E-state index < -0.39 is 0 Å². The predicted molar refractivity (Wildman–Crippen MR) is 132 cm³/mol. The normalized spacial score (nSPS) is 13.2. The third kappa shape index (κ3) is 3.87. The number of fused-ring (bicyclic) bond motifs is 2. The van der Waals surface area contributed by atoms with Gasteiger partial charge in [-0.1, -0.05) is 30.3 Å². The van der Waals surface area contributed by atoms with Crippen molar-refractivity contribution in [1.29, 1.82) is 0 Å². The van der Waals surface area contributed by atoms with Gasteiger partial charge in [0.05, 0.1) is 15.8 Å². The van der Waals surface area contributed by atoms with Crippen LogP contribution in [0.15, 0.2) is 47.8 Å². The lowest BCUT2D eigenvalue weighted by atomic mass is 9.95. The highest BCUT2D eigenvalue weighted by molar-refractivity contribution is 7.17. The number of amides is 2. The summed E-state index contributed by atoms with van der Waals surface area (Å²) in [5.74, 6) is -0.267. The van der Waals surface area contributed by atoms with Crippen molar-refractivity contribution in [3.63, 3.8) is 0 Å². The topological polar surface area (TPSA) is 63.1 Å². The fourth-order valence-electron chi connectivity index (χ4n) is 4.41. The van der Waals surface area contributed by atoms with Gasteiger partial charge in [0, 0.05) is 18.0 Å². The van der Waals surface area contributed by atoms with Gasteiger partial charge in [-0.05, 0) is 61.2 Å². The largest absolute Gasteiger partial charge is 0.352 e. The summed E-state index contributed by atoms with van der Waals surface area (Å²) >= 11 is 3.19. The van der Waals surface area contributed by atoms with E-state index in [-0.39, 0.29) is 11.8 Å². The fraction of sp³-hybridized carbons (Fsp3) is 0.280. The van der Waals surface area contributed by atoms with Crippen LogP contribution in [0.5, 0.6) is 0 Å². The Morgan fingerprint density at radius 1 is 1.06 bits per heavy atom. The molecule has 4 aromatic rings. The quantitative estimate of drug-likeness (QED) is 0.386. The van der Waals surface area contributed by atoms with Crippen molar-refractivity contribution >= 4 is 49.7 Å². The van der Waals surface area contributed by atoms with E-state index in [1.54, 1.807) is 22.7 Å². The van der Waals surface area contributed by atoms with Gasteiger partial charge in [0.25, 0.3) is 11.8 Å². The molecule has 7 heteroatoms. The summed E-state index contributed by atoms with van der Waals surface area (Å²) in [5.41, 5.74) is 4.58. The number of aromatic nitrogens is 1. The van der Waals surface area contributed by atoms with Crippen LogP contribution >= 0.6 is 22.7 Å². The van der Waals surface area contributed by atoms with Gasteiger partial charge in [-0.3, -0.25) is 9.59 Å². The van der Waals surface area contributed by atoms with Crippen molar-refractivity contribution in [2.45, 2.75) is 39.2 Å². The minimum atomic E-state index is -0.173. The molecule has 5 nitrogen and oxygen atoms in total. The van der Waals surface area contributed by atoms with E-state index >= 15 is 0 Å². The zero-order chi connectivity index (χ0) is 22.1. The molecule has 2 amide bonds. The highest BCUT2D eigenvalue weighted by atomic mass is 32.1. The number of benzene rings is 1. The molecule has 1 aliphatic rings. The first-order valence-electron chi connectivity index (χ1n) is 11.0. The molecule has 2 N–H and O–H groups in total. The zero-order valence-corrected chi connectivity index (χ0v) is 19.6. The molecule has 0 saturated carbocycles. The second-order valence-electron chi connectivity index (χ2n) is 8.00. The summed E-state index contributed by atoms with van der Waals surface area (Å²) in [5, 5.41) is 8.75. The van der Waals surface area contributed by atoms with E-state index in [4.69, 9.17) is 0 Å². The first kappa shape index (κ1) is 21.0. The van der Waals surface area contributed by atoms with E-state index in [0.717, 1.165) is 47.0 Å². The third-order valence-corrected chi connectivity index (χ3v) is 7.96. The molecule has 0 bridgehead atoms. The van der Waals surface area contributed by atoms with E-state index in [1.807, 2.05) is 36.6 Å². The van der Waals surface area contributed by atoms with Gasteiger partial charge in [-0.2, -0.15) is 0 Å². The summed E-state index contributed by atoms with van der Waals surface area (Å²) in [7, 11) is 0. The number of nitrogens with one attached hydrogen (secondary N) is 2. The average molecular weight is 464 g/mol. The number of hydrogen-bond acceptors (Lipinski definition) is 4. The molecular formula is C25H25N3O2S2. The van der Waals surface area contributed by atoms with Crippen LogP contribution in [0.25, 0.3) is 10.2 Å². The van der Waals surface area contributed by atoms with E-state index in [0.29, 0.717) is 29.3 Å². The van der Waals surface area contributed by atoms with Crippen molar-refractivity contribution in [3.8, 4) is 0 Å². The number of anilines is 1. The molecular weight excluding hydrogens is 438 g/mol. The van der Waals surface area contributed by atoms with Crippen molar-refractivity contribution in [2.75, 3.05) is 11.9 Å². The number of nitrogens with zero attached hydrogens (tertiary/aromatic N) is 1. The number of rotatable bonds is 6. The number of hydrogen-bond donors (Lipinski definition) is 2. The molecule has 0 fully saturated rings. The second-order valence-corrected chi connectivity index (χ2v) is 10.1. The van der Waals surface area contributed by atoms with Crippen LogP contribution in [-0.4, -0.2) is 22.9 Å². The Kier molecular flexibility index (Phi) is 5.85. The Hall–Kier alpha value is -2.90. The molecule has 1 aliphatic carbocycles. The summed E-state index contributed by atoms with van der Waals surface area (Å²) < 4.78 is 3.15. The Bertz CT molecular complexity index is 1280. The highest BCUT2D eigenvalue weighted by Crippen LogP contribution is 2.38. The molecule has 0 unspecified atom stereocenters. The lowest BCUT2D eigenvalue weighted by molar-refractivity contribution is 0.0956. The third-order valence-electron chi connectivity index (χ3n) is 5.90. The molecule has 0 saturated heterocycles. The maximum atomic E-state index is 13.5. The van der Waals surface area contributed by atoms with E-state index in [2.05, 4.69) is 33.4 Å². The molecule has 3 heterocycles. The van der Waals surface area contributed by atoms with Crippen LogP contribution in [0.2, 0.25) is 0 Å². The van der Waals surface area contributed by atoms with Gasteiger partial charge in [-0.15, -0.1) is 22.7 Å².